The van der Waals surface area contributed by atoms with E-state index in [0.717, 1.165) is 71.1 Å². The summed E-state index contributed by atoms with van der Waals surface area (Å²) in [5.74, 6) is 0.893. The fourth-order valence-corrected chi connectivity index (χ4v) is 6.21. The van der Waals surface area contributed by atoms with Gasteiger partial charge in [0.25, 0.3) is 0 Å². The van der Waals surface area contributed by atoms with Crippen molar-refractivity contribution in [2.45, 2.75) is 70.7 Å². The summed E-state index contributed by atoms with van der Waals surface area (Å²) in [5.41, 5.74) is 3.55. The number of piperidine rings is 1. The van der Waals surface area contributed by atoms with Crippen molar-refractivity contribution in [3.8, 4) is 23.1 Å². The molecule has 0 radical (unpaired) electrons. The molecule has 2 fully saturated rings. The Labute approximate surface area is 224 Å². The topological polar surface area (TPSA) is 63.3 Å². The molecule has 3 heterocycles. The van der Waals surface area contributed by atoms with Crippen molar-refractivity contribution >= 4 is 21.7 Å². The molecule has 196 valence electrons. The number of hydrogen-bond donors (Lipinski definition) is 0. The molecule has 2 aliphatic heterocycles. The second-order valence-electron chi connectivity index (χ2n) is 10.9. The fraction of sp³-hybridized carbons (Fsp3) is 0.438. The van der Waals surface area contributed by atoms with E-state index in [-0.39, 0.29) is 6.23 Å². The number of nitriles is 1. The van der Waals surface area contributed by atoms with E-state index in [1.165, 1.54) is 19.3 Å². The van der Waals surface area contributed by atoms with E-state index in [9.17, 15) is 5.26 Å². The predicted octanol–water partition coefficient (Wildman–Crippen LogP) is 7.07. The summed E-state index contributed by atoms with van der Waals surface area (Å²) < 4.78 is 14.3. The van der Waals surface area contributed by atoms with E-state index in [2.05, 4.69) is 61.2 Å². The molecule has 6 heteroatoms. The van der Waals surface area contributed by atoms with Gasteiger partial charge in [0.1, 0.15) is 18.1 Å². The van der Waals surface area contributed by atoms with Crippen LogP contribution in [-0.4, -0.2) is 46.5 Å². The molecule has 3 atom stereocenters. The average molecular weight is 509 g/mol. The van der Waals surface area contributed by atoms with Gasteiger partial charge in [0.05, 0.1) is 17.1 Å². The van der Waals surface area contributed by atoms with Gasteiger partial charge in [-0.2, -0.15) is 10.4 Å². The largest absolute Gasteiger partial charge is 0.492 e. The minimum Gasteiger partial charge on any atom is -0.492 e. The zero-order chi connectivity index (χ0) is 26.1. The third-order valence-electron chi connectivity index (χ3n) is 8.34. The quantitative estimate of drug-likeness (QED) is 0.279. The number of likely N-dealkylation sites (tertiary alicyclic amines) is 1. The van der Waals surface area contributed by atoms with Gasteiger partial charge in [-0.1, -0.05) is 24.6 Å². The summed E-state index contributed by atoms with van der Waals surface area (Å²) in [4.78, 5) is 2.58. The number of nitrogens with zero attached hydrogens (tertiary/aromatic N) is 4. The summed E-state index contributed by atoms with van der Waals surface area (Å²) in [6.45, 7) is 7.06. The lowest BCUT2D eigenvalue weighted by atomic mass is 9.98. The molecule has 0 N–H and O–H groups in total. The normalized spacial score (nSPS) is 22.5. The van der Waals surface area contributed by atoms with Crippen LogP contribution in [0.15, 0.2) is 54.6 Å². The lowest BCUT2D eigenvalue weighted by Crippen LogP contribution is -2.45. The van der Waals surface area contributed by atoms with E-state index in [0.29, 0.717) is 24.3 Å². The Hall–Kier alpha value is -3.40. The zero-order valence-corrected chi connectivity index (χ0v) is 22.4. The van der Waals surface area contributed by atoms with Crippen molar-refractivity contribution in [1.82, 2.24) is 14.7 Å². The molecule has 0 saturated carbocycles. The van der Waals surface area contributed by atoms with Crippen LogP contribution in [0.25, 0.3) is 32.9 Å². The average Bonchev–Trinajstić information content (AvgIpc) is 3.33. The maximum atomic E-state index is 9.55. The van der Waals surface area contributed by atoms with E-state index in [1.54, 1.807) is 0 Å². The van der Waals surface area contributed by atoms with Gasteiger partial charge in [0.15, 0.2) is 6.23 Å². The highest BCUT2D eigenvalue weighted by molar-refractivity contribution is 5.97. The fourth-order valence-electron chi connectivity index (χ4n) is 6.21. The first-order valence-corrected chi connectivity index (χ1v) is 14.1. The van der Waals surface area contributed by atoms with Crippen LogP contribution >= 0.6 is 0 Å². The van der Waals surface area contributed by atoms with Gasteiger partial charge in [-0.3, -0.25) is 4.90 Å². The zero-order valence-electron chi connectivity index (χ0n) is 22.4. The molecule has 1 aromatic heterocycles. The molecular weight excluding hydrogens is 472 g/mol. The van der Waals surface area contributed by atoms with Crippen LogP contribution in [0.4, 0.5) is 0 Å². The second-order valence-corrected chi connectivity index (χ2v) is 10.9. The molecule has 0 amide bonds. The molecular formula is C32H36N4O2. The predicted molar refractivity (Wildman–Crippen MR) is 151 cm³/mol. The van der Waals surface area contributed by atoms with Crippen molar-refractivity contribution in [2.24, 2.45) is 0 Å². The molecule has 0 spiro atoms. The Bertz CT molecular complexity index is 1470. The van der Waals surface area contributed by atoms with Gasteiger partial charge in [0, 0.05) is 36.2 Å². The maximum Gasteiger partial charge on any atom is 0.150 e. The molecule has 0 aliphatic carbocycles. The van der Waals surface area contributed by atoms with Crippen molar-refractivity contribution in [2.75, 3.05) is 19.8 Å². The number of aromatic nitrogens is 2. The Morgan fingerprint density at radius 3 is 2.58 bits per heavy atom. The summed E-state index contributed by atoms with van der Waals surface area (Å²) >= 11 is 0. The first-order valence-electron chi connectivity index (χ1n) is 14.1. The van der Waals surface area contributed by atoms with Crippen LogP contribution in [0.2, 0.25) is 0 Å². The van der Waals surface area contributed by atoms with Crippen LogP contribution in [-0.2, 0) is 4.74 Å². The summed E-state index contributed by atoms with van der Waals surface area (Å²) in [5, 5.41) is 17.9. The third-order valence-corrected chi connectivity index (χ3v) is 8.34. The number of ether oxygens (including phenoxy) is 2. The summed E-state index contributed by atoms with van der Waals surface area (Å²) in [6.07, 6.45) is 6.97. The second kappa shape index (κ2) is 10.8. The lowest BCUT2D eigenvalue weighted by Gasteiger charge is -2.38. The number of fused-ring (bicyclic) bond motifs is 2. The summed E-state index contributed by atoms with van der Waals surface area (Å²) in [6, 6.07) is 22.1. The SMILES string of the molecule is CC1CCCC(C)N1CCOc1ccc2ccc(-c3nn(C4CCCCO4)c4ccc(C#N)cc34)cc2c1. The number of hydrogen-bond acceptors (Lipinski definition) is 5. The lowest BCUT2D eigenvalue weighted by molar-refractivity contribution is -0.0365. The molecule has 3 aromatic carbocycles. The molecule has 6 rings (SSSR count). The van der Waals surface area contributed by atoms with Crippen LogP contribution in [0.3, 0.4) is 0 Å². The van der Waals surface area contributed by atoms with Crippen LogP contribution in [0, 0.1) is 11.3 Å². The molecule has 3 unspecified atom stereocenters. The third kappa shape index (κ3) is 4.89. The Morgan fingerprint density at radius 1 is 0.947 bits per heavy atom. The monoisotopic (exact) mass is 508 g/mol. The highest BCUT2D eigenvalue weighted by Gasteiger charge is 2.24. The van der Waals surface area contributed by atoms with Gasteiger partial charge in [-0.05, 0) is 93.1 Å². The van der Waals surface area contributed by atoms with Crippen molar-refractivity contribution in [3.05, 3.63) is 60.2 Å². The van der Waals surface area contributed by atoms with E-state index in [4.69, 9.17) is 14.6 Å². The Morgan fingerprint density at radius 2 is 1.79 bits per heavy atom. The minimum absolute atomic E-state index is 0.0706. The van der Waals surface area contributed by atoms with Crippen molar-refractivity contribution < 1.29 is 9.47 Å². The van der Waals surface area contributed by atoms with Gasteiger partial charge < -0.3 is 9.47 Å². The first-order chi connectivity index (χ1) is 18.6. The van der Waals surface area contributed by atoms with Gasteiger partial charge >= 0.3 is 0 Å². The van der Waals surface area contributed by atoms with Crippen molar-refractivity contribution in [3.63, 3.8) is 0 Å². The van der Waals surface area contributed by atoms with E-state index >= 15 is 0 Å². The standard InChI is InChI=1S/C32H36N4O2/c1-22-6-5-7-23(2)35(22)15-17-37-28-13-12-25-10-11-26(19-27(25)20-28)32-29-18-24(21-33)9-14-30(29)36(34-32)31-8-3-4-16-38-31/h9-14,18-20,22-23,31H,3-8,15-17H2,1-2H3. The minimum atomic E-state index is -0.0706. The van der Waals surface area contributed by atoms with Gasteiger partial charge in [-0.25, -0.2) is 4.68 Å². The first kappa shape index (κ1) is 24.9. The van der Waals surface area contributed by atoms with Gasteiger partial charge in [0.2, 0.25) is 0 Å². The highest BCUT2D eigenvalue weighted by atomic mass is 16.5. The van der Waals surface area contributed by atoms with Crippen LogP contribution < -0.4 is 4.74 Å². The molecule has 38 heavy (non-hydrogen) atoms. The molecule has 4 aromatic rings. The van der Waals surface area contributed by atoms with E-state index < -0.39 is 0 Å². The molecule has 0 bridgehead atoms. The summed E-state index contributed by atoms with van der Waals surface area (Å²) in [7, 11) is 0. The smallest absolute Gasteiger partial charge is 0.150 e. The van der Waals surface area contributed by atoms with E-state index in [1.807, 2.05) is 22.9 Å². The Kier molecular flexibility index (Phi) is 7.06. The van der Waals surface area contributed by atoms with Crippen LogP contribution in [0.1, 0.15) is 64.2 Å². The maximum absolute atomic E-state index is 9.55. The Balaban J connectivity index is 1.29. The molecule has 6 nitrogen and oxygen atoms in total. The molecule has 2 aliphatic rings. The number of rotatable bonds is 6. The highest BCUT2D eigenvalue weighted by Crippen LogP contribution is 2.35. The number of benzene rings is 3. The molecule has 2 saturated heterocycles. The van der Waals surface area contributed by atoms with Crippen molar-refractivity contribution in [1.29, 1.82) is 5.26 Å². The van der Waals surface area contributed by atoms with Crippen LogP contribution in [0.5, 0.6) is 5.75 Å². The van der Waals surface area contributed by atoms with Gasteiger partial charge in [-0.15, -0.1) is 0 Å².